The van der Waals surface area contributed by atoms with E-state index in [9.17, 15) is 14.3 Å². The first-order chi connectivity index (χ1) is 9.97. The third-order valence-corrected chi connectivity index (χ3v) is 4.43. The van der Waals surface area contributed by atoms with E-state index in [1.54, 1.807) is 0 Å². The summed E-state index contributed by atoms with van der Waals surface area (Å²) in [6, 6.07) is 1.30. The Kier molecular flexibility index (Phi) is 4.61. The highest BCUT2D eigenvalue weighted by Crippen LogP contribution is 2.49. The van der Waals surface area contributed by atoms with Crippen LogP contribution >= 0.6 is 11.6 Å². The Bertz CT molecular complexity index is 553. The van der Waals surface area contributed by atoms with Gasteiger partial charge in [0.25, 0.3) is 0 Å². The van der Waals surface area contributed by atoms with E-state index < -0.39 is 17.2 Å². The summed E-state index contributed by atoms with van der Waals surface area (Å²) in [5.74, 6) is -1.43. The van der Waals surface area contributed by atoms with E-state index >= 15 is 0 Å². The van der Waals surface area contributed by atoms with Gasteiger partial charge in [-0.15, -0.1) is 0 Å². The van der Waals surface area contributed by atoms with Crippen molar-refractivity contribution in [2.45, 2.75) is 37.5 Å². The van der Waals surface area contributed by atoms with Crippen LogP contribution in [0.4, 0.5) is 4.39 Å². The Hall–Kier alpha value is -1.49. The molecule has 1 aromatic rings. The standard InChI is InChI=1S/C15H18ClFO4/c1-20-10-8-9(16)12(17)11(13(10)21-2)15(14(18)19)6-4-3-5-7-15/h8H,3-7H2,1-2H3,(H,18,19). The lowest BCUT2D eigenvalue weighted by molar-refractivity contribution is -0.145. The number of carbonyl (C=O) groups is 1. The molecule has 0 bridgehead atoms. The molecule has 0 radical (unpaired) electrons. The van der Waals surface area contributed by atoms with Crippen molar-refractivity contribution < 1.29 is 23.8 Å². The van der Waals surface area contributed by atoms with Crippen LogP contribution in [0.5, 0.6) is 11.5 Å². The zero-order valence-electron chi connectivity index (χ0n) is 12.0. The lowest BCUT2D eigenvalue weighted by atomic mass is 9.69. The van der Waals surface area contributed by atoms with Crippen LogP contribution in [0.15, 0.2) is 6.07 Å². The number of carboxylic acid groups (broad SMARTS) is 1. The third-order valence-electron chi connectivity index (χ3n) is 4.16. The van der Waals surface area contributed by atoms with Gasteiger partial charge in [-0.05, 0) is 12.8 Å². The molecule has 21 heavy (non-hydrogen) atoms. The Morgan fingerprint density at radius 3 is 2.38 bits per heavy atom. The van der Waals surface area contributed by atoms with Crippen LogP contribution in [0, 0.1) is 5.82 Å². The van der Waals surface area contributed by atoms with Gasteiger partial charge in [-0.25, -0.2) is 4.39 Å². The van der Waals surface area contributed by atoms with Crippen LogP contribution in [-0.2, 0) is 10.2 Å². The quantitative estimate of drug-likeness (QED) is 0.918. The maximum absolute atomic E-state index is 14.6. The molecule has 0 heterocycles. The molecule has 1 fully saturated rings. The summed E-state index contributed by atoms with van der Waals surface area (Å²) in [6.45, 7) is 0. The molecule has 0 aliphatic heterocycles. The molecule has 4 nitrogen and oxygen atoms in total. The summed E-state index contributed by atoms with van der Waals surface area (Å²) in [4.78, 5) is 11.9. The highest BCUT2D eigenvalue weighted by Gasteiger charge is 2.46. The first-order valence-corrected chi connectivity index (χ1v) is 7.19. The van der Waals surface area contributed by atoms with E-state index in [-0.39, 0.29) is 22.1 Å². The van der Waals surface area contributed by atoms with Gasteiger partial charge in [-0.2, -0.15) is 0 Å². The number of methoxy groups -OCH3 is 2. The van der Waals surface area contributed by atoms with E-state index in [0.717, 1.165) is 19.3 Å². The lowest BCUT2D eigenvalue weighted by Crippen LogP contribution is -2.39. The minimum atomic E-state index is -1.31. The molecule has 0 unspecified atom stereocenters. The predicted molar refractivity (Wildman–Crippen MR) is 76.9 cm³/mol. The van der Waals surface area contributed by atoms with Crippen molar-refractivity contribution in [3.8, 4) is 11.5 Å². The van der Waals surface area contributed by atoms with Crippen molar-refractivity contribution in [2.24, 2.45) is 0 Å². The van der Waals surface area contributed by atoms with Crippen LogP contribution in [0.3, 0.4) is 0 Å². The average Bonchev–Trinajstić information content (AvgIpc) is 2.49. The molecule has 0 aromatic heterocycles. The molecule has 0 spiro atoms. The fourth-order valence-electron chi connectivity index (χ4n) is 3.09. The fourth-order valence-corrected chi connectivity index (χ4v) is 3.29. The number of aliphatic carboxylic acids is 1. The smallest absolute Gasteiger partial charge is 0.314 e. The first kappa shape index (κ1) is 15.9. The number of hydrogen-bond donors (Lipinski definition) is 1. The van der Waals surface area contributed by atoms with Gasteiger partial charge in [-0.1, -0.05) is 30.9 Å². The first-order valence-electron chi connectivity index (χ1n) is 6.81. The second kappa shape index (κ2) is 6.10. The molecule has 0 atom stereocenters. The summed E-state index contributed by atoms with van der Waals surface area (Å²) in [6.07, 6.45) is 3.11. The largest absolute Gasteiger partial charge is 0.493 e. The number of hydrogen-bond acceptors (Lipinski definition) is 3. The maximum Gasteiger partial charge on any atom is 0.314 e. The average molecular weight is 317 g/mol. The molecule has 0 saturated heterocycles. The lowest BCUT2D eigenvalue weighted by Gasteiger charge is -2.35. The molecule has 6 heteroatoms. The SMILES string of the molecule is COc1cc(Cl)c(F)c(C2(C(=O)O)CCCCC2)c1OC. The second-order valence-corrected chi connectivity index (χ2v) is 5.64. The van der Waals surface area contributed by atoms with E-state index in [1.807, 2.05) is 0 Å². The molecule has 1 aliphatic carbocycles. The van der Waals surface area contributed by atoms with Crippen molar-refractivity contribution in [1.29, 1.82) is 0 Å². The highest BCUT2D eigenvalue weighted by molar-refractivity contribution is 6.31. The molecular formula is C15H18ClFO4. The zero-order chi connectivity index (χ0) is 15.6. The second-order valence-electron chi connectivity index (χ2n) is 5.23. The highest BCUT2D eigenvalue weighted by atomic mass is 35.5. The molecule has 1 saturated carbocycles. The maximum atomic E-state index is 14.6. The van der Waals surface area contributed by atoms with Crippen LogP contribution in [-0.4, -0.2) is 25.3 Å². The molecule has 1 aromatic carbocycles. The van der Waals surface area contributed by atoms with E-state index in [4.69, 9.17) is 21.1 Å². The van der Waals surface area contributed by atoms with Crippen molar-refractivity contribution in [2.75, 3.05) is 14.2 Å². The zero-order valence-corrected chi connectivity index (χ0v) is 12.8. The number of rotatable bonds is 4. The van der Waals surface area contributed by atoms with Crippen LogP contribution in [0.25, 0.3) is 0 Å². The Labute approximate surface area is 127 Å². The van der Waals surface area contributed by atoms with Crippen LogP contribution < -0.4 is 9.47 Å². The molecule has 116 valence electrons. The molecule has 0 amide bonds. The number of benzene rings is 1. The number of halogens is 2. The van der Waals surface area contributed by atoms with Gasteiger partial charge < -0.3 is 14.6 Å². The Morgan fingerprint density at radius 1 is 1.29 bits per heavy atom. The summed E-state index contributed by atoms with van der Waals surface area (Å²) in [5, 5.41) is 9.58. The number of carboxylic acids is 1. The van der Waals surface area contributed by atoms with Gasteiger partial charge in [0.1, 0.15) is 5.82 Å². The van der Waals surface area contributed by atoms with Gasteiger partial charge >= 0.3 is 5.97 Å². The minimum absolute atomic E-state index is 0.00144. The molecular weight excluding hydrogens is 299 g/mol. The number of ether oxygens (including phenoxy) is 2. The Balaban J connectivity index is 2.75. The van der Waals surface area contributed by atoms with Crippen molar-refractivity contribution >= 4 is 17.6 Å². The molecule has 1 aliphatic rings. The van der Waals surface area contributed by atoms with E-state index in [2.05, 4.69) is 0 Å². The third kappa shape index (κ3) is 2.55. The summed E-state index contributed by atoms with van der Waals surface area (Å²) >= 11 is 5.91. The van der Waals surface area contributed by atoms with Gasteiger partial charge in [0.05, 0.1) is 30.2 Å². The minimum Gasteiger partial charge on any atom is -0.493 e. The summed E-state index contributed by atoms with van der Waals surface area (Å²) in [5.41, 5.74) is -1.31. The van der Waals surface area contributed by atoms with Crippen LogP contribution in [0.2, 0.25) is 5.02 Å². The summed E-state index contributed by atoms with van der Waals surface area (Å²) in [7, 11) is 2.78. The Morgan fingerprint density at radius 2 is 1.90 bits per heavy atom. The van der Waals surface area contributed by atoms with E-state index in [1.165, 1.54) is 20.3 Å². The van der Waals surface area contributed by atoms with Crippen LogP contribution in [0.1, 0.15) is 37.7 Å². The summed E-state index contributed by atoms with van der Waals surface area (Å²) < 4.78 is 25.0. The van der Waals surface area contributed by atoms with Gasteiger partial charge in [0.2, 0.25) is 0 Å². The van der Waals surface area contributed by atoms with Gasteiger partial charge in [0.15, 0.2) is 11.5 Å². The van der Waals surface area contributed by atoms with Crippen molar-refractivity contribution in [1.82, 2.24) is 0 Å². The van der Waals surface area contributed by atoms with Gasteiger partial charge in [0, 0.05) is 6.07 Å². The molecule has 2 rings (SSSR count). The molecule has 1 N–H and O–H groups in total. The topological polar surface area (TPSA) is 55.8 Å². The normalized spacial score (nSPS) is 17.3. The van der Waals surface area contributed by atoms with Crippen molar-refractivity contribution in [3.05, 3.63) is 22.5 Å². The monoisotopic (exact) mass is 316 g/mol. The van der Waals surface area contributed by atoms with Gasteiger partial charge in [-0.3, -0.25) is 4.79 Å². The van der Waals surface area contributed by atoms with Crippen molar-refractivity contribution in [3.63, 3.8) is 0 Å². The predicted octanol–water partition coefficient (Wildman–Crippen LogP) is 3.78. The van der Waals surface area contributed by atoms with E-state index in [0.29, 0.717) is 12.8 Å². The fraction of sp³-hybridized carbons (Fsp3) is 0.533.